The molecule has 0 aliphatic rings. The zero-order valence-electron chi connectivity index (χ0n) is 14.5. The Bertz CT molecular complexity index is 710. The molecule has 2 aromatic rings. The third-order valence-corrected chi connectivity index (χ3v) is 4.38. The van der Waals surface area contributed by atoms with Gasteiger partial charge in [-0.1, -0.05) is 6.92 Å². The lowest BCUT2D eigenvalue weighted by molar-refractivity contribution is -0.121. The summed E-state index contributed by atoms with van der Waals surface area (Å²) in [6.45, 7) is 7.54. The number of amides is 1. The number of hydrogen-bond acceptors (Lipinski definition) is 3. The second kappa shape index (κ2) is 7.57. The molecule has 2 N–H and O–H groups in total. The molecule has 2 unspecified atom stereocenters. The molecule has 24 heavy (non-hydrogen) atoms. The zero-order chi connectivity index (χ0) is 17.9. The number of benzene rings is 1. The van der Waals surface area contributed by atoms with Crippen LogP contribution in [0.15, 0.2) is 24.3 Å². The number of rotatable bonds is 6. The predicted molar refractivity (Wildman–Crippen MR) is 90.6 cm³/mol. The highest BCUT2D eigenvalue weighted by Gasteiger charge is 2.18. The first-order valence-corrected chi connectivity index (χ1v) is 8.04. The molecule has 0 saturated carbocycles. The second-order valence-electron chi connectivity index (χ2n) is 6.23. The van der Waals surface area contributed by atoms with Gasteiger partial charge in [0.25, 0.3) is 0 Å². The number of aromatic nitrogens is 2. The van der Waals surface area contributed by atoms with E-state index in [9.17, 15) is 9.18 Å². The van der Waals surface area contributed by atoms with E-state index in [0.29, 0.717) is 0 Å². The molecule has 0 spiro atoms. The molecule has 0 bridgehead atoms. The van der Waals surface area contributed by atoms with Crippen molar-refractivity contribution in [1.29, 1.82) is 0 Å². The summed E-state index contributed by atoms with van der Waals surface area (Å²) >= 11 is 0. The molecule has 2 atom stereocenters. The fourth-order valence-corrected chi connectivity index (χ4v) is 2.53. The van der Waals surface area contributed by atoms with Crippen molar-refractivity contribution in [2.24, 2.45) is 5.92 Å². The summed E-state index contributed by atoms with van der Waals surface area (Å²) in [4.78, 5) is 12.3. The molecule has 5 nitrogen and oxygen atoms in total. The van der Waals surface area contributed by atoms with Gasteiger partial charge in [0.05, 0.1) is 17.8 Å². The normalized spacial score (nSPS) is 13.6. The van der Waals surface area contributed by atoms with Gasteiger partial charge in [-0.25, -0.2) is 9.07 Å². The molecule has 1 aromatic heterocycles. The van der Waals surface area contributed by atoms with E-state index in [1.165, 1.54) is 12.1 Å². The highest BCUT2D eigenvalue weighted by Crippen LogP contribution is 2.19. The summed E-state index contributed by atoms with van der Waals surface area (Å²) in [7, 11) is 0. The first-order chi connectivity index (χ1) is 11.3. The van der Waals surface area contributed by atoms with Crippen molar-refractivity contribution in [2.75, 3.05) is 6.61 Å². The molecule has 2 rings (SSSR count). The third-order valence-electron chi connectivity index (χ3n) is 4.38. The summed E-state index contributed by atoms with van der Waals surface area (Å²) in [6.07, 6.45) is 0.224. The van der Waals surface area contributed by atoms with Crippen molar-refractivity contribution in [1.82, 2.24) is 15.1 Å². The van der Waals surface area contributed by atoms with Crippen molar-refractivity contribution < 1.29 is 14.3 Å². The molecular formula is C18H24FN3O2. The van der Waals surface area contributed by atoms with Crippen LogP contribution in [0.4, 0.5) is 4.39 Å². The van der Waals surface area contributed by atoms with Crippen molar-refractivity contribution >= 4 is 5.91 Å². The monoisotopic (exact) mass is 333 g/mol. The van der Waals surface area contributed by atoms with Crippen LogP contribution in [0, 0.1) is 25.6 Å². The Balaban J connectivity index is 2.17. The number of aliphatic hydroxyl groups excluding tert-OH is 1. The molecule has 0 aliphatic heterocycles. The van der Waals surface area contributed by atoms with E-state index in [1.807, 2.05) is 27.7 Å². The van der Waals surface area contributed by atoms with E-state index in [-0.39, 0.29) is 36.7 Å². The highest BCUT2D eigenvalue weighted by molar-refractivity contribution is 5.79. The fourth-order valence-electron chi connectivity index (χ4n) is 2.53. The van der Waals surface area contributed by atoms with Crippen molar-refractivity contribution in [2.45, 2.75) is 40.2 Å². The maximum atomic E-state index is 13.1. The van der Waals surface area contributed by atoms with Gasteiger partial charge in [0.2, 0.25) is 5.91 Å². The van der Waals surface area contributed by atoms with Gasteiger partial charge in [0, 0.05) is 23.9 Å². The summed E-state index contributed by atoms with van der Waals surface area (Å²) in [6, 6.07) is 5.98. The van der Waals surface area contributed by atoms with Crippen LogP contribution in [0.3, 0.4) is 0 Å². The average molecular weight is 333 g/mol. The number of carbonyl (C=O) groups excluding carboxylic acids is 1. The van der Waals surface area contributed by atoms with Gasteiger partial charge in [-0.15, -0.1) is 0 Å². The lowest BCUT2D eigenvalue weighted by atomic mass is 10.0. The van der Waals surface area contributed by atoms with Crippen LogP contribution in [0.2, 0.25) is 0 Å². The van der Waals surface area contributed by atoms with Gasteiger partial charge in [-0.05, 0) is 51.0 Å². The Morgan fingerprint density at radius 3 is 2.50 bits per heavy atom. The van der Waals surface area contributed by atoms with E-state index in [4.69, 9.17) is 5.11 Å². The van der Waals surface area contributed by atoms with Crippen LogP contribution >= 0.6 is 0 Å². The van der Waals surface area contributed by atoms with E-state index in [1.54, 1.807) is 16.8 Å². The van der Waals surface area contributed by atoms with Crippen molar-refractivity contribution in [3.05, 3.63) is 47.0 Å². The molecule has 0 aliphatic carbocycles. The number of aliphatic hydroxyl groups is 1. The van der Waals surface area contributed by atoms with Crippen LogP contribution in [0.5, 0.6) is 0 Å². The average Bonchev–Trinajstić information content (AvgIpc) is 2.82. The minimum atomic E-state index is -0.299. The van der Waals surface area contributed by atoms with Gasteiger partial charge in [0.15, 0.2) is 0 Å². The Morgan fingerprint density at radius 1 is 1.29 bits per heavy atom. The van der Waals surface area contributed by atoms with Crippen LogP contribution in [-0.2, 0) is 11.2 Å². The second-order valence-corrected chi connectivity index (χ2v) is 6.23. The molecule has 1 heterocycles. The fraction of sp³-hybridized carbons (Fsp3) is 0.444. The summed E-state index contributed by atoms with van der Waals surface area (Å²) in [5.74, 6) is -0.405. The quantitative estimate of drug-likeness (QED) is 0.852. The minimum Gasteiger partial charge on any atom is -0.396 e. The number of aryl methyl sites for hydroxylation is 1. The number of nitrogens with zero attached hydrogens (tertiary/aromatic N) is 2. The van der Waals surface area contributed by atoms with E-state index in [2.05, 4.69) is 10.4 Å². The molecule has 6 heteroatoms. The van der Waals surface area contributed by atoms with Gasteiger partial charge < -0.3 is 10.4 Å². The molecule has 1 aromatic carbocycles. The van der Waals surface area contributed by atoms with Gasteiger partial charge in [-0.3, -0.25) is 4.79 Å². The zero-order valence-corrected chi connectivity index (χ0v) is 14.5. The number of carbonyl (C=O) groups is 1. The topological polar surface area (TPSA) is 67.2 Å². The smallest absolute Gasteiger partial charge is 0.224 e. The number of hydrogen-bond donors (Lipinski definition) is 2. The molecule has 130 valence electrons. The van der Waals surface area contributed by atoms with Gasteiger partial charge in [-0.2, -0.15) is 5.10 Å². The minimum absolute atomic E-state index is 0.00178. The Hall–Kier alpha value is -2.21. The SMILES string of the molecule is Cc1nn(-c2ccc(F)cc2)c(C)c1CC(=O)NC(C)C(C)CO. The molecular weight excluding hydrogens is 309 g/mol. The summed E-state index contributed by atoms with van der Waals surface area (Å²) in [5, 5.41) is 16.5. The highest BCUT2D eigenvalue weighted by atomic mass is 19.1. The van der Waals surface area contributed by atoms with Gasteiger partial charge >= 0.3 is 0 Å². The van der Waals surface area contributed by atoms with E-state index >= 15 is 0 Å². The van der Waals surface area contributed by atoms with E-state index < -0.39 is 0 Å². The molecule has 0 fully saturated rings. The van der Waals surface area contributed by atoms with Crippen molar-refractivity contribution in [3.8, 4) is 5.69 Å². The predicted octanol–water partition coefficient (Wildman–Crippen LogP) is 2.30. The van der Waals surface area contributed by atoms with Crippen LogP contribution < -0.4 is 5.32 Å². The van der Waals surface area contributed by atoms with Crippen LogP contribution in [0.25, 0.3) is 5.69 Å². The van der Waals surface area contributed by atoms with Gasteiger partial charge in [0.1, 0.15) is 5.82 Å². The van der Waals surface area contributed by atoms with Crippen LogP contribution in [0.1, 0.15) is 30.8 Å². The standard InChI is InChI=1S/C18H24FN3O2/c1-11(10-23)12(2)20-18(24)9-17-13(3)21-22(14(17)4)16-7-5-15(19)6-8-16/h5-8,11-12,23H,9-10H2,1-4H3,(H,20,24). The van der Waals surface area contributed by atoms with Crippen LogP contribution in [-0.4, -0.2) is 33.4 Å². The largest absolute Gasteiger partial charge is 0.396 e. The summed E-state index contributed by atoms with van der Waals surface area (Å²) < 4.78 is 14.8. The Kier molecular flexibility index (Phi) is 5.72. The third kappa shape index (κ3) is 4.00. The lowest BCUT2D eigenvalue weighted by Gasteiger charge is -2.19. The van der Waals surface area contributed by atoms with E-state index in [0.717, 1.165) is 22.6 Å². The molecule has 1 amide bonds. The maximum absolute atomic E-state index is 13.1. The first kappa shape index (κ1) is 18.1. The first-order valence-electron chi connectivity index (χ1n) is 8.04. The summed E-state index contributed by atoms with van der Waals surface area (Å²) in [5.41, 5.74) is 3.25. The maximum Gasteiger partial charge on any atom is 0.224 e. The molecule has 0 saturated heterocycles. The Labute approximate surface area is 141 Å². The number of halogens is 1. The number of nitrogens with one attached hydrogen (secondary N) is 1. The lowest BCUT2D eigenvalue weighted by Crippen LogP contribution is -2.39. The Morgan fingerprint density at radius 2 is 1.92 bits per heavy atom. The molecule has 0 radical (unpaired) electrons. The van der Waals surface area contributed by atoms with Crippen molar-refractivity contribution in [3.63, 3.8) is 0 Å².